The molecule has 1 aromatic rings. The number of hydrogen-bond acceptors (Lipinski definition) is 2. The second-order valence-electron chi connectivity index (χ2n) is 4.98. The molecule has 0 fully saturated rings. The van der Waals surface area contributed by atoms with Crippen LogP contribution in [-0.2, 0) is 4.79 Å². The van der Waals surface area contributed by atoms with Crippen LogP contribution in [0.25, 0.3) is 0 Å². The zero-order chi connectivity index (χ0) is 14.3. The normalized spacial score (nSPS) is 13.7. The van der Waals surface area contributed by atoms with Crippen LogP contribution in [0.3, 0.4) is 0 Å². The van der Waals surface area contributed by atoms with Crippen LogP contribution in [0, 0.1) is 6.92 Å². The number of carbonyl (C=O) groups excluding carboxylic acids is 1. The zero-order valence-corrected chi connectivity index (χ0v) is 12.4. The van der Waals surface area contributed by atoms with Crippen molar-refractivity contribution in [3.63, 3.8) is 0 Å². The average Bonchev–Trinajstić information content (AvgIpc) is 2.37. The van der Waals surface area contributed by atoms with Crippen molar-refractivity contribution in [3.8, 4) is 5.75 Å². The van der Waals surface area contributed by atoms with E-state index in [1.54, 1.807) is 0 Å². The number of rotatable bonds is 7. The summed E-state index contributed by atoms with van der Waals surface area (Å²) in [4.78, 5) is 12.1. The molecule has 0 saturated carbocycles. The molecule has 3 heteroatoms. The third-order valence-electron chi connectivity index (χ3n) is 3.14. The van der Waals surface area contributed by atoms with Gasteiger partial charge in [-0.25, -0.2) is 0 Å². The molecule has 0 aliphatic heterocycles. The molecule has 0 aliphatic carbocycles. The number of para-hydroxylation sites is 1. The van der Waals surface area contributed by atoms with E-state index in [1.807, 2.05) is 45.0 Å². The largest absolute Gasteiger partial charge is 0.480 e. The molecule has 3 nitrogen and oxygen atoms in total. The topological polar surface area (TPSA) is 38.3 Å². The molecule has 0 unspecified atom stereocenters. The van der Waals surface area contributed by atoms with Gasteiger partial charge in [-0.15, -0.1) is 0 Å². The second kappa shape index (κ2) is 7.82. The molecule has 0 saturated heterocycles. The third kappa shape index (κ3) is 4.93. The molecule has 1 rings (SSSR count). The zero-order valence-electron chi connectivity index (χ0n) is 12.4. The van der Waals surface area contributed by atoms with E-state index in [4.69, 9.17) is 4.74 Å². The monoisotopic (exact) mass is 263 g/mol. The van der Waals surface area contributed by atoms with Gasteiger partial charge in [-0.05, 0) is 38.3 Å². The molecule has 0 bridgehead atoms. The van der Waals surface area contributed by atoms with Crippen LogP contribution in [0.2, 0.25) is 0 Å². The van der Waals surface area contributed by atoms with E-state index in [2.05, 4.69) is 12.2 Å². The van der Waals surface area contributed by atoms with Gasteiger partial charge in [-0.2, -0.15) is 0 Å². The lowest BCUT2D eigenvalue weighted by Gasteiger charge is -2.21. The molecule has 0 aliphatic rings. The fourth-order valence-corrected chi connectivity index (χ4v) is 2.01. The van der Waals surface area contributed by atoms with Crippen LogP contribution >= 0.6 is 0 Å². The first kappa shape index (κ1) is 15.5. The quantitative estimate of drug-likeness (QED) is 0.818. The highest BCUT2D eigenvalue weighted by atomic mass is 16.5. The van der Waals surface area contributed by atoms with Crippen molar-refractivity contribution in [2.75, 3.05) is 0 Å². The van der Waals surface area contributed by atoms with E-state index in [0.29, 0.717) is 6.42 Å². The van der Waals surface area contributed by atoms with Gasteiger partial charge in [0, 0.05) is 6.04 Å². The lowest BCUT2D eigenvalue weighted by molar-refractivity contribution is -0.128. The van der Waals surface area contributed by atoms with Gasteiger partial charge >= 0.3 is 0 Å². The molecular weight excluding hydrogens is 238 g/mol. The van der Waals surface area contributed by atoms with E-state index in [-0.39, 0.29) is 11.9 Å². The van der Waals surface area contributed by atoms with Gasteiger partial charge in [-0.3, -0.25) is 4.79 Å². The maximum absolute atomic E-state index is 12.1. The summed E-state index contributed by atoms with van der Waals surface area (Å²) in [5.74, 6) is 0.763. The fourth-order valence-electron chi connectivity index (χ4n) is 2.01. The number of nitrogens with one attached hydrogen (secondary N) is 1. The van der Waals surface area contributed by atoms with E-state index in [0.717, 1.165) is 24.2 Å². The van der Waals surface area contributed by atoms with Crippen LogP contribution in [0.1, 0.15) is 45.6 Å². The molecule has 1 N–H and O–H groups in total. The molecule has 1 aromatic carbocycles. The molecular formula is C16H25NO2. The van der Waals surface area contributed by atoms with Crippen LogP contribution < -0.4 is 10.1 Å². The molecule has 1 amide bonds. The van der Waals surface area contributed by atoms with E-state index >= 15 is 0 Å². The van der Waals surface area contributed by atoms with Crippen molar-refractivity contribution in [2.45, 2.75) is 59.1 Å². The number of hydrogen-bond donors (Lipinski definition) is 1. The molecule has 0 heterocycles. The van der Waals surface area contributed by atoms with Gasteiger partial charge in [-0.1, -0.05) is 38.5 Å². The first-order chi connectivity index (χ1) is 9.08. The summed E-state index contributed by atoms with van der Waals surface area (Å²) in [6, 6.07) is 7.98. The summed E-state index contributed by atoms with van der Waals surface area (Å²) in [7, 11) is 0. The highest BCUT2D eigenvalue weighted by Gasteiger charge is 2.20. The summed E-state index contributed by atoms with van der Waals surface area (Å²) in [5, 5.41) is 3.01. The standard InChI is InChI=1S/C16H25NO2/c1-5-9-13(4)17-16(18)14(6-2)19-15-11-8-7-10-12(15)3/h7-8,10-11,13-14H,5-6,9H2,1-4H3,(H,17,18)/t13-,14+/m0/s1. The highest BCUT2D eigenvalue weighted by Crippen LogP contribution is 2.18. The van der Waals surface area contributed by atoms with Gasteiger partial charge < -0.3 is 10.1 Å². The SMILES string of the molecule is CCC[C@H](C)NC(=O)[C@@H](CC)Oc1ccccc1C. The van der Waals surface area contributed by atoms with Crippen molar-refractivity contribution < 1.29 is 9.53 Å². The van der Waals surface area contributed by atoms with Crippen molar-refractivity contribution >= 4 is 5.91 Å². The number of aryl methyl sites for hydroxylation is 1. The number of carbonyl (C=O) groups is 1. The Morgan fingerprint density at radius 1 is 1.32 bits per heavy atom. The van der Waals surface area contributed by atoms with E-state index < -0.39 is 6.10 Å². The van der Waals surface area contributed by atoms with Gasteiger partial charge in [0.2, 0.25) is 0 Å². The predicted octanol–water partition coefficient (Wildman–Crippen LogP) is 3.46. The molecule has 19 heavy (non-hydrogen) atoms. The number of ether oxygens (including phenoxy) is 1. The van der Waals surface area contributed by atoms with Gasteiger partial charge in [0.05, 0.1) is 0 Å². The maximum Gasteiger partial charge on any atom is 0.261 e. The van der Waals surface area contributed by atoms with Gasteiger partial charge in [0.25, 0.3) is 5.91 Å². The summed E-state index contributed by atoms with van der Waals surface area (Å²) in [6.07, 6.45) is 2.31. The molecule has 0 radical (unpaired) electrons. The predicted molar refractivity (Wildman–Crippen MR) is 78.4 cm³/mol. The summed E-state index contributed by atoms with van der Waals surface area (Å²) in [6.45, 7) is 8.10. The first-order valence-electron chi connectivity index (χ1n) is 7.11. The second-order valence-corrected chi connectivity index (χ2v) is 4.98. The van der Waals surface area contributed by atoms with Crippen molar-refractivity contribution in [1.82, 2.24) is 5.32 Å². The minimum absolute atomic E-state index is 0.0216. The first-order valence-corrected chi connectivity index (χ1v) is 7.11. The number of benzene rings is 1. The van der Waals surface area contributed by atoms with Crippen molar-refractivity contribution in [2.24, 2.45) is 0 Å². The lowest BCUT2D eigenvalue weighted by atomic mass is 10.1. The Balaban J connectivity index is 2.63. The highest BCUT2D eigenvalue weighted by molar-refractivity contribution is 5.81. The van der Waals surface area contributed by atoms with E-state index in [1.165, 1.54) is 0 Å². The van der Waals surface area contributed by atoms with Crippen LogP contribution in [0.4, 0.5) is 0 Å². The lowest BCUT2D eigenvalue weighted by Crippen LogP contribution is -2.42. The molecule has 0 aromatic heterocycles. The molecule has 2 atom stereocenters. The Morgan fingerprint density at radius 3 is 2.58 bits per heavy atom. The molecule has 106 valence electrons. The van der Waals surface area contributed by atoms with Crippen LogP contribution in [-0.4, -0.2) is 18.1 Å². The Bertz CT molecular complexity index is 403. The van der Waals surface area contributed by atoms with Crippen molar-refractivity contribution in [1.29, 1.82) is 0 Å². The van der Waals surface area contributed by atoms with E-state index in [9.17, 15) is 4.79 Å². The summed E-state index contributed by atoms with van der Waals surface area (Å²) >= 11 is 0. The fraction of sp³-hybridized carbons (Fsp3) is 0.562. The maximum atomic E-state index is 12.1. The van der Waals surface area contributed by atoms with Crippen LogP contribution in [0.15, 0.2) is 24.3 Å². The third-order valence-corrected chi connectivity index (χ3v) is 3.14. The van der Waals surface area contributed by atoms with Crippen LogP contribution in [0.5, 0.6) is 5.75 Å². The van der Waals surface area contributed by atoms with Gasteiger partial charge in [0.1, 0.15) is 5.75 Å². The summed E-state index contributed by atoms with van der Waals surface area (Å²) in [5.41, 5.74) is 1.05. The average molecular weight is 263 g/mol. The Labute approximate surface area is 116 Å². The Kier molecular flexibility index (Phi) is 6.40. The minimum Gasteiger partial charge on any atom is -0.480 e. The van der Waals surface area contributed by atoms with Gasteiger partial charge in [0.15, 0.2) is 6.10 Å². The Morgan fingerprint density at radius 2 is 2.00 bits per heavy atom. The smallest absolute Gasteiger partial charge is 0.261 e. The molecule has 0 spiro atoms. The Hall–Kier alpha value is -1.51. The summed E-state index contributed by atoms with van der Waals surface area (Å²) < 4.78 is 5.82. The van der Waals surface area contributed by atoms with Crippen molar-refractivity contribution in [3.05, 3.63) is 29.8 Å². The number of amides is 1. The minimum atomic E-state index is -0.416.